The first-order chi connectivity index (χ1) is 8.72. The van der Waals surface area contributed by atoms with Crippen molar-refractivity contribution in [1.29, 1.82) is 0 Å². The molecule has 1 atom stereocenters. The molecular formula is C15H23NO2. The lowest BCUT2D eigenvalue weighted by molar-refractivity contribution is -0.0297. The van der Waals surface area contributed by atoms with Gasteiger partial charge < -0.3 is 15.6 Å². The molecule has 0 saturated heterocycles. The van der Waals surface area contributed by atoms with E-state index in [1.807, 2.05) is 24.3 Å². The van der Waals surface area contributed by atoms with Crippen molar-refractivity contribution in [3.05, 3.63) is 29.8 Å². The average Bonchev–Trinajstić information content (AvgIpc) is 2.36. The molecule has 1 aromatic rings. The lowest BCUT2D eigenvalue weighted by Crippen LogP contribution is -2.42. The van der Waals surface area contributed by atoms with E-state index in [0.717, 1.165) is 37.2 Å². The maximum Gasteiger partial charge on any atom is 0.119 e. The molecule has 1 saturated carbocycles. The molecule has 0 heterocycles. The number of aliphatic hydroxyl groups is 1. The van der Waals surface area contributed by atoms with Crippen LogP contribution >= 0.6 is 0 Å². The second kappa shape index (κ2) is 5.72. The zero-order valence-corrected chi connectivity index (χ0v) is 11.1. The fraction of sp³-hybridized carbons (Fsp3) is 0.600. The number of hydrogen-bond donors (Lipinski definition) is 2. The summed E-state index contributed by atoms with van der Waals surface area (Å²) in [5, 5.41) is 10.4. The topological polar surface area (TPSA) is 55.5 Å². The van der Waals surface area contributed by atoms with Crippen LogP contribution in [-0.2, 0) is 0 Å². The van der Waals surface area contributed by atoms with E-state index in [1.165, 1.54) is 6.42 Å². The molecule has 0 amide bonds. The van der Waals surface area contributed by atoms with E-state index in [-0.39, 0.29) is 5.41 Å². The fourth-order valence-electron chi connectivity index (χ4n) is 2.54. The predicted octanol–water partition coefficient (Wildman–Crippen LogP) is 2.64. The number of aliphatic hydroxyl groups excluding tert-OH is 1. The second-order valence-corrected chi connectivity index (χ2v) is 5.24. The quantitative estimate of drug-likeness (QED) is 0.815. The van der Waals surface area contributed by atoms with Gasteiger partial charge >= 0.3 is 0 Å². The second-order valence-electron chi connectivity index (χ2n) is 5.24. The van der Waals surface area contributed by atoms with Crippen molar-refractivity contribution in [2.24, 2.45) is 11.1 Å². The zero-order chi connectivity index (χ0) is 13.0. The summed E-state index contributed by atoms with van der Waals surface area (Å²) in [4.78, 5) is 0. The average molecular weight is 249 g/mol. The van der Waals surface area contributed by atoms with Crippen LogP contribution in [0.4, 0.5) is 0 Å². The van der Waals surface area contributed by atoms with Gasteiger partial charge in [-0.1, -0.05) is 25.5 Å². The molecule has 0 bridgehead atoms. The smallest absolute Gasteiger partial charge is 0.119 e. The van der Waals surface area contributed by atoms with E-state index in [2.05, 4.69) is 6.92 Å². The van der Waals surface area contributed by atoms with Crippen molar-refractivity contribution in [2.45, 2.75) is 38.7 Å². The fourth-order valence-corrected chi connectivity index (χ4v) is 2.54. The Kier molecular flexibility index (Phi) is 4.25. The lowest BCUT2D eigenvalue weighted by Gasteiger charge is -2.44. The molecule has 1 aliphatic rings. The standard InChI is InChI=1S/C15H23NO2/c1-2-10-18-13-6-4-12(5-7-13)14(17)15(11-16)8-3-9-15/h4-7,14,17H,2-3,8-11,16H2,1H3. The Balaban J connectivity index is 2.04. The third-order valence-electron chi connectivity index (χ3n) is 4.00. The predicted molar refractivity (Wildman–Crippen MR) is 72.5 cm³/mol. The minimum absolute atomic E-state index is 0.0915. The molecule has 0 aliphatic heterocycles. The summed E-state index contributed by atoms with van der Waals surface area (Å²) in [7, 11) is 0. The highest BCUT2D eigenvalue weighted by atomic mass is 16.5. The summed E-state index contributed by atoms with van der Waals surface area (Å²) < 4.78 is 5.54. The van der Waals surface area contributed by atoms with Crippen LogP contribution in [0, 0.1) is 5.41 Å². The molecular weight excluding hydrogens is 226 g/mol. The highest BCUT2D eigenvalue weighted by molar-refractivity contribution is 5.30. The molecule has 3 N–H and O–H groups in total. The molecule has 3 nitrogen and oxygen atoms in total. The minimum atomic E-state index is -0.448. The first kappa shape index (κ1) is 13.4. The zero-order valence-electron chi connectivity index (χ0n) is 11.1. The van der Waals surface area contributed by atoms with Gasteiger partial charge in [-0.05, 0) is 37.0 Å². The third-order valence-corrected chi connectivity index (χ3v) is 4.00. The molecule has 1 fully saturated rings. The molecule has 18 heavy (non-hydrogen) atoms. The molecule has 3 heteroatoms. The Bertz CT molecular complexity index is 365. The SMILES string of the molecule is CCCOc1ccc(C(O)C2(CN)CCC2)cc1. The van der Waals surface area contributed by atoms with Gasteiger partial charge in [0.25, 0.3) is 0 Å². The maximum absolute atomic E-state index is 10.4. The molecule has 1 unspecified atom stereocenters. The maximum atomic E-state index is 10.4. The Morgan fingerprint density at radius 1 is 1.33 bits per heavy atom. The Morgan fingerprint density at radius 3 is 2.44 bits per heavy atom. The van der Waals surface area contributed by atoms with E-state index in [1.54, 1.807) is 0 Å². The van der Waals surface area contributed by atoms with Gasteiger partial charge in [0.15, 0.2) is 0 Å². The van der Waals surface area contributed by atoms with E-state index < -0.39 is 6.10 Å². The van der Waals surface area contributed by atoms with E-state index in [0.29, 0.717) is 6.54 Å². The minimum Gasteiger partial charge on any atom is -0.494 e. The molecule has 100 valence electrons. The van der Waals surface area contributed by atoms with Crippen molar-refractivity contribution in [1.82, 2.24) is 0 Å². The number of rotatable bonds is 6. The van der Waals surface area contributed by atoms with Gasteiger partial charge in [-0.15, -0.1) is 0 Å². The van der Waals surface area contributed by atoms with E-state index in [9.17, 15) is 5.11 Å². The first-order valence-corrected chi connectivity index (χ1v) is 6.83. The summed E-state index contributed by atoms with van der Waals surface area (Å²) >= 11 is 0. The number of benzene rings is 1. The van der Waals surface area contributed by atoms with Crippen molar-refractivity contribution in [3.63, 3.8) is 0 Å². The molecule has 1 aromatic carbocycles. The molecule has 0 radical (unpaired) electrons. The summed E-state index contributed by atoms with van der Waals surface area (Å²) in [6.45, 7) is 3.37. The molecule has 2 rings (SSSR count). The summed E-state index contributed by atoms with van der Waals surface area (Å²) in [5.74, 6) is 0.864. The van der Waals surface area contributed by atoms with Gasteiger partial charge in [0.1, 0.15) is 5.75 Å². The van der Waals surface area contributed by atoms with E-state index >= 15 is 0 Å². The van der Waals surface area contributed by atoms with Gasteiger partial charge in [0, 0.05) is 12.0 Å². The first-order valence-electron chi connectivity index (χ1n) is 6.83. The van der Waals surface area contributed by atoms with Crippen LogP contribution in [0.15, 0.2) is 24.3 Å². The van der Waals surface area contributed by atoms with Crippen molar-refractivity contribution >= 4 is 0 Å². The van der Waals surface area contributed by atoms with Crippen molar-refractivity contribution in [3.8, 4) is 5.75 Å². The molecule has 0 spiro atoms. The van der Waals surface area contributed by atoms with Crippen LogP contribution < -0.4 is 10.5 Å². The summed E-state index contributed by atoms with van der Waals surface area (Å²) in [6.07, 6.45) is 3.78. The van der Waals surface area contributed by atoms with E-state index in [4.69, 9.17) is 10.5 Å². The number of ether oxygens (including phenoxy) is 1. The lowest BCUT2D eigenvalue weighted by atomic mass is 9.63. The Hall–Kier alpha value is -1.06. The van der Waals surface area contributed by atoms with Crippen LogP contribution in [0.3, 0.4) is 0 Å². The number of hydrogen-bond acceptors (Lipinski definition) is 3. The van der Waals surface area contributed by atoms with Crippen LogP contribution in [0.5, 0.6) is 5.75 Å². The van der Waals surface area contributed by atoms with Crippen LogP contribution in [0.1, 0.15) is 44.3 Å². The van der Waals surface area contributed by atoms with Gasteiger partial charge in [-0.3, -0.25) is 0 Å². The van der Waals surface area contributed by atoms with Gasteiger partial charge in [0.05, 0.1) is 12.7 Å². The third kappa shape index (κ3) is 2.52. The summed E-state index contributed by atoms with van der Waals surface area (Å²) in [6, 6.07) is 7.75. The Morgan fingerprint density at radius 2 is 2.00 bits per heavy atom. The van der Waals surface area contributed by atoms with Crippen LogP contribution in [0.2, 0.25) is 0 Å². The largest absolute Gasteiger partial charge is 0.494 e. The van der Waals surface area contributed by atoms with Crippen LogP contribution in [0.25, 0.3) is 0 Å². The normalized spacial score (nSPS) is 19.1. The number of nitrogens with two attached hydrogens (primary N) is 1. The van der Waals surface area contributed by atoms with Gasteiger partial charge in [-0.25, -0.2) is 0 Å². The highest BCUT2D eigenvalue weighted by Gasteiger charge is 2.42. The highest BCUT2D eigenvalue weighted by Crippen LogP contribution is 2.49. The molecule has 0 aromatic heterocycles. The van der Waals surface area contributed by atoms with Crippen molar-refractivity contribution < 1.29 is 9.84 Å². The Labute approximate surface area is 109 Å². The van der Waals surface area contributed by atoms with Gasteiger partial charge in [0.2, 0.25) is 0 Å². The van der Waals surface area contributed by atoms with Crippen molar-refractivity contribution in [2.75, 3.05) is 13.2 Å². The monoisotopic (exact) mass is 249 g/mol. The summed E-state index contributed by atoms with van der Waals surface area (Å²) in [5.41, 5.74) is 6.67. The van der Waals surface area contributed by atoms with Crippen LogP contribution in [-0.4, -0.2) is 18.3 Å². The molecule has 1 aliphatic carbocycles. The van der Waals surface area contributed by atoms with Gasteiger partial charge in [-0.2, -0.15) is 0 Å².